The van der Waals surface area contributed by atoms with Crippen molar-refractivity contribution in [1.29, 1.82) is 0 Å². The van der Waals surface area contributed by atoms with Crippen molar-refractivity contribution < 1.29 is 38.0 Å². The van der Waals surface area contributed by atoms with E-state index >= 15 is 0 Å². The monoisotopic (exact) mass is 778 g/mol. The molecule has 0 N–H and O–H groups in total. The van der Waals surface area contributed by atoms with Gasteiger partial charge in [-0.05, 0) is 72.2 Å². The zero-order chi connectivity index (χ0) is 39.7. The van der Waals surface area contributed by atoms with Crippen LogP contribution >= 0.6 is 0 Å². The Morgan fingerprint density at radius 2 is 0.947 bits per heavy atom. The number of benzene rings is 4. The molecule has 0 spiro atoms. The molecule has 2 aliphatic rings. The molecule has 0 aromatic heterocycles. The van der Waals surface area contributed by atoms with Crippen molar-refractivity contribution in [3.63, 3.8) is 0 Å². The van der Waals surface area contributed by atoms with E-state index in [1.165, 1.54) is 0 Å². The average Bonchev–Trinajstić information content (AvgIpc) is 3.26. The Kier molecular flexibility index (Phi) is 15.9. The largest absolute Gasteiger partial charge is 0.493 e. The molecule has 6 rings (SSSR count). The Bertz CT molecular complexity index is 1710. The van der Waals surface area contributed by atoms with Crippen LogP contribution in [-0.4, -0.2) is 114 Å². The first-order valence-corrected chi connectivity index (χ1v) is 20.3. The molecule has 0 amide bonds. The van der Waals surface area contributed by atoms with E-state index in [-0.39, 0.29) is 24.4 Å². The first-order valence-electron chi connectivity index (χ1n) is 20.3. The molecule has 2 aliphatic heterocycles. The van der Waals surface area contributed by atoms with Gasteiger partial charge in [0.05, 0.1) is 46.1 Å². The molecule has 2 fully saturated rings. The van der Waals surface area contributed by atoms with Crippen molar-refractivity contribution >= 4 is 11.6 Å². The normalized spacial score (nSPS) is 15.2. The number of carbonyl (C=O) groups excluding carboxylic acids is 2. The summed E-state index contributed by atoms with van der Waals surface area (Å²) >= 11 is 0. The van der Waals surface area contributed by atoms with Crippen LogP contribution in [0, 0.1) is 5.41 Å². The minimum Gasteiger partial charge on any atom is -0.493 e. The summed E-state index contributed by atoms with van der Waals surface area (Å²) in [6.07, 6.45) is 1.97. The number of ketones is 2. The highest BCUT2D eigenvalue weighted by atomic mass is 16.5. The van der Waals surface area contributed by atoms with Crippen LogP contribution in [0.2, 0.25) is 0 Å². The Labute approximate surface area is 338 Å². The number of hydrogen-bond acceptors (Lipinski definition) is 10. The third kappa shape index (κ3) is 12.1. The summed E-state index contributed by atoms with van der Waals surface area (Å²) in [5.74, 6) is 2.47. The summed E-state index contributed by atoms with van der Waals surface area (Å²) in [6.45, 7) is 9.29. The van der Waals surface area contributed by atoms with Gasteiger partial charge in [0, 0.05) is 52.1 Å². The van der Waals surface area contributed by atoms with Gasteiger partial charge in [0.25, 0.3) is 0 Å². The smallest absolute Gasteiger partial charge is 0.161 e. The van der Waals surface area contributed by atoms with Gasteiger partial charge >= 0.3 is 0 Å². The van der Waals surface area contributed by atoms with Crippen LogP contribution < -0.4 is 18.9 Å². The molecule has 0 unspecified atom stereocenters. The second kappa shape index (κ2) is 21.7. The minimum absolute atomic E-state index is 0.0633. The summed E-state index contributed by atoms with van der Waals surface area (Å²) in [6, 6.07) is 31.5. The zero-order valence-corrected chi connectivity index (χ0v) is 33.6. The van der Waals surface area contributed by atoms with Crippen LogP contribution in [0.15, 0.2) is 97.1 Å². The average molecular weight is 779 g/mol. The van der Waals surface area contributed by atoms with Crippen LogP contribution in [0.3, 0.4) is 0 Å². The van der Waals surface area contributed by atoms with Crippen molar-refractivity contribution in [2.45, 2.75) is 38.5 Å². The van der Waals surface area contributed by atoms with Gasteiger partial charge in [-0.1, -0.05) is 72.8 Å². The van der Waals surface area contributed by atoms with Crippen LogP contribution in [0.1, 0.15) is 35.1 Å². The third-order valence-corrected chi connectivity index (χ3v) is 11.0. The minimum atomic E-state index is -1.26. The molecule has 0 atom stereocenters. The summed E-state index contributed by atoms with van der Waals surface area (Å²) < 4.78 is 34.6. The molecule has 0 aliphatic carbocycles. The van der Waals surface area contributed by atoms with Gasteiger partial charge in [0.1, 0.15) is 24.8 Å². The van der Waals surface area contributed by atoms with Crippen molar-refractivity contribution in [3.8, 4) is 23.0 Å². The first-order chi connectivity index (χ1) is 28.0. The summed E-state index contributed by atoms with van der Waals surface area (Å²) in [4.78, 5) is 34.3. The maximum Gasteiger partial charge on any atom is 0.161 e. The maximum absolute atomic E-state index is 14.8. The van der Waals surface area contributed by atoms with Crippen molar-refractivity contribution in [1.82, 2.24) is 9.80 Å². The fraction of sp³-hybridized carbons (Fsp3) is 0.447. The zero-order valence-electron chi connectivity index (χ0n) is 33.6. The standard InChI is InChI=1S/C47H58N2O8/c1-52-43-33-37(13-17-41(43)56-31-25-48-21-27-54-28-22-48)15-19-45(50)47(35-39-9-5-3-6-10-39,36-40-11-7-4-8-12-40)46(51)20-16-38-14-18-42(44(34-38)53-2)57-32-26-49-23-29-55-30-24-49/h3-14,17-18,33-34H,15-16,19-32,35-36H2,1-2H3. The summed E-state index contributed by atoms with van der Waals surface area (Å²) in [5, 5.41) is 0. The second-order valence-corrected chi connectivity index (χ2v) is 14.8. The number of methoxy groups -OCH3 is 2. The lowest BCUT2D eigenvalue weighted by Crippen LogP contribution is -2.44. The van der Waals surface area contributed by atoms with E-state index in [0.717, 1.165) is 87.9 Å². The molecule has 0 radical (unpaired) electrons. The predicted molar refractivity (Wildman–Crippen MR) is 221 cm³/mol. The molecule has 2 heterocycles. The molecular formula is C47H58N2O8. The SMILES string of the molecule is COc1cc(CCC(=O)C(Cc2ccccc2)(Cc2ccccc2)C(=O)CCc2ccc(OCCN3CCOCC3)c(OC)c2)ccc1OCCN1CCOCC1. The van der Waals surface area contributed by atoms with Gasteiger partial charge in [0.2, 0.25) is 0 Å². The van der Waals surface area contributed by atoms with E-state index < -0.39 is 5.41 Å². The topological polar surface area (TPSA) is 96.0 Å². The molecule has 10 heteroatoms. The van der Waals surface area contributed by atoms with Crippen molar-refractivity contribution in [2.75, 3.05) is 93.1 Å². The van der Waals surface area contributed by atoms with E-state index in [1.807, 2.05) is 97.1 Å². The molecular weight excluding hydrogens is 721 g/mol. The number of rotatable bonds is 22. The Hall–Kier alpha value is -4.74. The van der Waals surface area contributed by atoms with Crippen LogP contribution in [0.5, 0.6) is 23.0 Å². The predicted octanol–water partition coefficient (Wildman–Crippen LogP) is 6.30. The van der Waals surface area contributed by atoms with Gasteiger partial charge in [0.15, 0.2) is 23.0 Å². The third-order valence-electron chi connectivity index (χ3n) is 11.0. The van der Waals surface area contributed by atoms with Gasteiger partial charge in [-0.3, -0.25) is 19.4 Å². The van der Waals surface area contributed by atoms with Gasteiger partial charge in [-0.25, -0.2) is 0 Å². The quantitative estimate of drug-likeness (QED) is 0.0847. The van der Waals surface area contributed by atoms with E-state index in [2.05, 4.69) is 9.80 Å². The number of carbonyl (C=O) groups is 2. The summed E-state index contributed by atoms with van der Waals surface area (Å²) in [5.41, 5.74) is 2.54. The number of hydrogen-bond donors (Lipinski definition) is 0. The molecule has 304 valence electrons. The highest BCUT2D eigenvalue weighted by Gasteiger charge is 2.44. The second-order valence-electron chi connectivity index (χ2n) is 14.8. The number of ether oxygens (including phenoxy) is 6. The fourth-order valence-electron chi connectivity index (χ4n) is 7.69. The Morgan fingerprint density at radius 3 is 1.33 bits per heavy atom. The van der Waals surface area contributed by atoms with Gasteiger partial charge in [-0.2, -0.15) is 0 Å². The lowest BCUT2D eigenvalue weighted by atomic mass is 9.68. The van der Waals surface area contributed by atoms with E-state index in [1.54, 1.807) is 14.2 Å². The van der Waals surface area contributed by atoms with Crippen molar-refractivity contribution in [2.24, 2.45) is 5.41 Å². The number of Topliss-reactive ketones (excluding diaryl/α,β-unsaturated/α-hetero) is 2. The highest BCUT2D eigenvalue weighted by Crippen LogP contribution is 2.36. The molecule has 0 bridgehead atoms. The van der Waals surface area contributed by atoms with Gasteiger partial charge < -0.3 is 28.4 Å². The van der Waals surface area contributed by atoms with Crippen LogP contribution in [0.4, 0.5) is 0 Å². The Morgan fingerprint density at radius 1 is 0.544 bits per heavy atom. The van der Waals surface area contributed by atoms with E-state index in [4.69, 9.17) is 28.4 Å². The molecule has 4 aromatic carbocycles. The molecule has 0 saturated carbocycles. The number of nitrogens with zero attached hydrogens (tertiary/aromatic N) is 2. The first kappa shape index (κ1) is 41.9. The molecule has 57 heavy (non-hydrogen) atoms. The lowest BCUT2D eigenvalue weighted by molar-refractivity contribution is -0.141. The van der Waals surface area contributed by atoms with Crippen LogP contribution in [-0.2, 0) is 44.7 Å². The number of morpholine rings is 2. The van der Waals surface area contributed by atoms with Crippen LogP contribution in [0.25, 0.3) is 0 Å². The Balaban J connectivity index is 1.17. The van der Waals surface area contributed by atoms with Crippen molar-refractivity contribution in [3.05, 3.63) is 119 Å². The lowest BCUT2D eigenvalue weighted by Gasteiger charge is -2.32. The van der Waals surface area contributed by atoms with E-state index in [9.17, 15) is 9.59 Å². The maximum atomic E-state index is 14.8. The fourth-order valence-corrected chi connectivity index (χ4v) is 7.69. The molecule has 2 saturated heterocycles. The summed E-state index contributed by atoms with van der Waals surface area (Å²) in [7, 11) is 3.26. The molecule has 4 aromatic rings. The molecule has 10 nitrogen and oxygen atoms in total. The van der Waals surface area contributed by atoms with E-state index in [0.29, 0.717) is 61.9 Å². The highest BCUT2D eigenvalue weighted by molar-refractivity contribution is 6.07. The number of aryl methyl sites for hydroxylation is 2. The van der Waals surface area contributed by atoms with Gasteiger partial charge in [-0.15, -0.1) is 0 Å².